The Labute approximate surface area is 113 Å². The summed E-state index contributed by atoms with van der Waals surface area (Å²) in [4.78, 5) is 13.9. The summed E-state index contributed by atoms with van der Waals surface area (Å²) in [5, 5.41) is 2.86. The predicted molar refractivity (Wildman–Crippen MR) is 77.4 cm³/mol. The number of thiocarbonyl (C=S) groups is 1. The van der Waals surface area contributed by atoms with Crippen molar-refractivity contribution in [3.8, 4) is 0 Å². The fourth-order valence-electron chi connectivity index (χ4n) is 1.69. The van der Waals surface area contributed by atoms with Crippen molar-refractivity contribution in [3.05, 3.63) is 35.9 Å². The quantitative estimate of drug-likeness (QED) is 0.801. The summed E-state index contributed by atoms with van der Waals surface area (Å²) in [5.41, 5.74) is 6.59. The van der Waals surface area contributed by atoms with Gasteiger partial charge in [-0.3, -0.25) is 0 Å². The lowest BCUT2D eigenvalue weighted by Gasteiger charge is -2.24. The lowest BCUT2D eigenvalue weighted by molar-refractivity contribution is 0.202. The predicted octanol–water partition coefficient (Wildman–Crippen LogP) is 2.07. The van der Waals surface area contributed by atoms with E-state index in [0.717, 1.165) is 5.56 Å². The number of nitrogens with zero attached hydrogens (tertiary/aromatic N) is 1. The number of hydrogen-bond acceptors (Lipinski definition) is 2. The summed E-state index contributed by atoms with van der Waals surface area (Å²) in [5.74, 6) is 0. The van der Waals surface area contributed by atoms with Crippen LogP contribution in [0.1, 0.15) is 25.5 Å². The molecule has 0 aliphatic carbocycles. The lowest BCUT2D eigenvalue weighted by atomic mass is 10.1. The molecule has 5 heteroatoms. The van der Waals surface area contributed by atoms with Crippen LogP contribution in [0.5, 0.6) is 0 Å². The minimum absolute atomic E-state index is 0.151. The van der Waals surface area contributed by atoms with E-state index in [1.165, 1.54) is 0 Å². The van der Waals surface area contributed by atoms with E-state index >= 15 is 0 Å². The van der Waals surface area contributed by atoms with Crippen LogP contribution in [0.25, 0.3) is 0 Å². The van der Waals surface area contributed by atoms with E-state index in [-0.39, 0.29) is 11.0 Å². The highest BCUT2D eigenvalue weighted by Gasteiger charge is 2.19. The molecule has 0 radical (unpaired) electrons. The SMILES string of the molecule is CCN(CC)C(=O)NC(C(N)=S)c1ccccc1. The standard InChI is InChI=1S/C13H19N3OS/c1-3-16(4-2)13(17)15-11(12(14)18)10-8-6-5-7-9-10/h5-9,11H,3-4H2,1-2H3,(H2,14,18)(H,15,17). The minimum atomic E-state index is -0.422. The van der Waals surface area contributed by atoms with Gasteiger partial charge < -0.3 is 16.0 Å². The Balaban J connectivity index is 2.82. The van der Waals surface area contributed by atoms with E-state index in [4.69, 9.17) is 18.0 Å². The normalized spacial score (nSPS) is 11.7. The second kappa shape index (κ2) is 6.96. The van der Waals surface area contributed by atoms with E-state index < -0.39 is 6.04 Å². The molecule has 3 N–H and O–H groups in total. The van der Waals surface area contributed by atoms with Crippen molar-refractivity contribution in [2.45, 2.75) is 19.9 Å². The highest BCUT2D eigenvalue weighted by molar-refractivity contribution is 7.80. The number of hydrogen-bond donors (Lipinski definition) is 2. The second-order valence-electron chi connectivity index (χ2n) is 3.87. The summed E-state index contributed by atoms with van der Waals surface area (Å²) < 4.78 is 0. The van der Waals surface area contributed by atoms with Crippen molar-refractivity contribution in [1.82, 2.24) is 10.2 Å². The first kappa shape index (κ1) is 14.4. The summed E-state index contributed by atoms with van der Waals surface area (Å²) in [6.45, 7) is 5.17. The second-order valence-corrected chi connectivity index (χ2v) is 4.34. The first-order valence-corrected chi connectivity index (χ1v) is 6.40. The zero-order valence-corrected chi connectivity index (χ0v) is 11.5. The van der Waals surface area contributed by atoms with Crippen LogP contribution >= 0.6 is 12.2 Å². The number of carbonyl (C=O) groups excluding carboxylic acids is 1. The van der Waals surface area contributed by atoms with Gasteiger partial charge >= 0.3 is 6.03 Å². The Morgan fingerprint density at radius 2 is 1.89 bits per heavy atom. The van der Waals surface area contributed by atoms with E-state index in [1.54, 1.807) is 4.90 Å². The number of nitrogens with two attached hydrogens (primary N) is 1. The van der Waals surface area contributed by atoms with E-state index in [1.807, 2.05) is 44.2 Å². The molecule has 1 aromatic rings. The van der Waals surface area contributed by atoms with Crippen LogP contribution < -0.4 is 11.1 Å². The molecule has 1 unspecified atom stereocenters. The molecule has 0 spiro atoms. The molecule has 0 aliphatic rings. The lowest BCUT2D eigenvalue weighted by Crippen LogP contribution is -2.44. The summed E-state index contributed by atoms with van der Waals surface area (Å²) in [7, 11) is 0. The topological polar surface area (TPSA) is 58.4 Å². The number of rotatable bonds is 5. The van der Waals surface area contributed by atoms with Crippen LogP contribution in [0.15, 0.2) is 30.3 Å². The molecule has 98 valence electrons. The number of amides is 2. The molecule has 18 heavy (non-hydrogen) atoms. The summed E-state index contributed by atoms with van der Waals surface area (Å²) >= 11 is 5.02. The molecule has 2 amide bonds. The van der Waals surface area contributed by atoms with Gasteiger partial charge in [0.2, 0.25) is 0 Å². The molecule has 1 rings (SSSR count). The molecule has 0 aliphatic heterocycles. The average Bonchev–Trinajstić information content (AvgIpc) is 2.38. The maximum atomic E-state index is 12.0. The van der Waals surface area contributed by atoms with Crippen molar-refractivity contribution in [1.29, 1.82) is 0 Å². The van der Waals surface area contributed by atoms with Gasteiger partial charge in [-0.2, -0.15) is 0 Å². The first-order chi connectivity index (χ1) is 8.60. The van der Waals surface area contributed by atoms with Crippen molar-refractivity contribution < 1.29 is 4.79 Å². The number of carbonyl (C=O) groups is 1. The molecule has 4 nitrogen and oxygen atoms in total. The summed E-state index contributed by atoms with van der Waals surface area (Å²) in [6, 6.07) is 8.91. The van der Waals surface area contributed by atoms with Gasteiger partial charge in [-0.1, -0.05) is 42.5 Å². The third-order valence-electron chi connectivity index (χ3n) is 2.74. The van der Waals surface area contributed by atoms with Crippen LogP contribution in [-0.2, 0) is 0 Å². The van der Waals surface area contributed by atoms with Gasteiger partial charge in [-0.05, 0) is 19.4 Å². The fraction of sp³-hybridized carbons (Fsp3) is 0.385. The molecule has 0 fully saturated rings. The summed E-state index contributed by atoms with van der Waals surface area (Å²) in [6.07, 6.45) is 0. The largest absolute Gasteiger partial charge is 0.391 e. The number of urea groups is 1. The molecule has 0 heterocycles. The highest BCUT2D eigenvalue weighted by atomic mass is 32.1. The molecular weight excluding hydrogens is 246 g/mol. The zero-order chi connectivity index (χ0) is 13.5. The smallest absolute Gasteiger partial charge is 0.318 e. The van der Waals surface area contributed by atoms with E-state index in [9.17, 15) is 4.79 Å². The van der Waals surface area contributed by atoms with Crippen LogP contribution in [-0.4, -0.2) is 29.0 Å². The van der Waals surface area contributed by atoms with Crippen molar-refractivity contribution in [3.63, 3.8) is 0 Å². The molecule has 0 bridgehead atoms. The van der Waals surface area contributed by atoms with Crippen LogP contribution in [0, 0.1) is 0 Å². The molecule has 0 saturated heterocycles. The molecule has 0 saturated carbocycles. The Bertz CT molecular complexity index is 404. The third-order valence-corrected chi connectivity index (χ3v) is 2.97. The van der Waals surface area contributed by atoms with E-state index in [2.05, 4.69) is 5.32 Å². The van der Waals surface area contributed by atoms with Crippen molar-refractivity contribution in [2.75, 3.05) is 13.1 Å². The molecular formula is C13H19N3OS. The van der Waals surface area contributed by atoms with Crippen LogP contribution in [0.3, 0.4) is 0 Å². The van der Waals surface area contributed by atoms with Gasteiger partial charge in [0.1, 0.15) is 11.0 Å². The molecule has 0 aromatic heterocycles. The minimum Gasteiger partial charge on any atom is -0.391 e. The molecule has 1 aromatic carbocycles. The van der Waals surface area contributed by atoms with E-state index in [0.29, 0.717) is 13.1 Å². The zero-order valence-electron chi connectivity index (χ0n) is 10.7. The number of benzene rings is 1. The van der Waals surface area contributed by atoms with Gasteiger partial charge in [-0.15, -0.1) is 0 Å². The Kier molecular flexibility index (Phi) is 5.58. The third kappa shape index (κ3) is 3.70. The highest BCUT2D eigenvalue weighted by Crippen LogP contribution is 2.13. The Morgan fingerprint density at radius 3 is 2.33 bits per heavy atom. The monoisotopic (exact) mass is 265 g/mol. The van der Waals surface area contributed by atoms with Gasteiger partial charge in [0, 0.05) is 13.1 Å². The van der Waals surface area contributed by atoms with Gasteiger partial charge in [0.05, 0.1) is 0 Å². The van der Waals surface area contributed by atoms with Gasteiger partial charge in [0.25, 0.3) is 0 Å². The number of nitrogens with one attached hydrogen (secondary N) is 1. The Hall–Kier alpha value is -1.62. The van der Waals surface area contributed by atoms with Crippen molar-refractivity contribution in [2.24, 2.45) is 5.73 Å². The maximum absolute atomic E-state index is 12.0. The average molecular weight is 265 g/mol. The first-order valence-electron chi connectivity index (χ1n) is 5.99. The van der Waals surface area contributed by atoms with Crippen LogP contribution in [0.4, 0.5) is 4.79 Å². The van der Waals surface area contributed by atoms with Gasteiger partial charge in [-0.25, -0.2) is 4.79 Å². The van der Waals surface area contributed by atoms with Crippen molar-refractivity contribution >= 4 is 23.2 Å². The van der Waals surface area contributed by atoms with Crippen LogP contribution in [0.2, 0.25) is 0 Å². The Morgan fingerprint density at radius 1 is 1.33 bits per heavy atom. The fourth-order valence-corrected chi connectivity index (χ4v) is 1.88. The maximum Gasteiger partial charge on any atom is 0.318 e. The van der Waals surface area contributed by atoms with Gasteiger partial charge in [0.15, 0.2) is 0 Å². The molecule has 1 atom stereocenters.